The topological polar surface area (TPSA) is 167 Å². The van der Waals surface area contributed by atoms with E-state index in [1.165, 1.54) is 16.4 Å². The summed E-state index contributed by atoms with van der Waals surface area (Å²) in [5.74, 6) is -0.591. The van der Waals surface area contributed by atoms with Crippen LogP contribution in [0.5, 0.6) is 0 Å². The number of urea groups is 1. The molecule has 1 saturated carbocycles. The van der Waals surface area contributed by atoms with Crippen molar-refractivity contribution in [2.75, 3.05) is 60.9 Å². The smallest absolute Gasteiger partial charge is 0.328 e. The number of carbonyl (C=O) groups excluding carboxylic acids is 3. The molecule has 3 aliphatic heterocycles. The fourth-order valence-electron chi connectivity index (χ4n) is 9.39. The van der Waals surface area contributed by atoms with E-state index in [1.54, 1.807) is 36.9 Å². The largest absolute Gasteiger partial charge is 0.386 e. The lowest BCUT2D eigenvalue weighted by Crippen LogP contribution is -2.54. The van der Waals surface area contributed by atoms with Crippen molar-refractivity contribution < 1.29 is 19.5 Å². The van der Waals surface area contributed by atoms with Crippen LogP contribution in [-0.2, 0) is 10.4 Å². The highest BCUT2D eigenvalue weighted by Gasteiger charge is 2.34. The van der Waals surface area contributed by atoms with E-state index in [0.717, 1.165) is 88.0 Å². The quantitative estimate of drug-likeness (QED) is 0.198. The first-order valence-electron chi connectivity index (χ1n) is 20.4. The number of benzene rings is 2. The van der Waals surface area contributed by atoms with Gasteiger partial charge in [-0.15, -0.1) is 0 Å². The van der Waals surface area contributed by atoms with Gasteiger partial charge < -0.3 is 15.3 Å². The van der Waals surface area contributed by atoms with Gasteiger partial charge in [0.05, 0.1) is 34.4 Å². The summed E-state index contributed by atoms with van der Waals surface area (Å²) in [6, 6.07) is 20.1. The molecule has 2 aromatic carbocycles. The van der Waals surface area contributed by atoms with Gasteiger partial charge in [-0.25, -0.2) is 9.31 Å². The van der Waals surface area contributed by atoms with Crippen molar-refractivity contribution in [1.82, 2.24) is 34.5 Å². The standard InChI is InChI=1S/C43H49N11O4/c1-43(2,58)36-23-37-29(22-38(36)46-41(56)39-12-11-34-21-28(24-44)25-45-54(34)39)26-53(48-37)33-9-5-30(6-10-33)49-17-19-50(20-18-49)35-13-15-51(27-35)31-3-7-32(8-4-31)52-16-14-40(55)47-42(52)57/h3-4,7-8,11-12,21-23,25-26,30,33,35,58H,5-6,9-10,13-20,27H2,1-2H3,(H,46,56)(H,47,55,57). The zero-order valence-electron chi connectivity index (χ0n) is 33.0. The fraction of sp³-hybridized carbons (Fsp3) is 0.442. The molecular weight excluding hydrogens is 735 g/mol. The molecular formula is C43H49N11O4. The lowest BCUT2D eigenvalue weighted by molar-refractivity contribution is -0.120. The minimum Gasteiger partial charge on any atom is -0.386 e. The summed E-state index contributed by atoms with van der Waals surface area (Å²) in [5, 5.41) is 36.0. The average molecular weight is 784 g/mol. The van der Waals surface area contributed by atoms with Crippen LogP contribution in [0.1, 0.15) is 80.0 Å². The molecule has 1 atom stereocenters. The number of aliphatic hydroxyl groups is 1. The molecule has 9 rings (SSSR count). The number of hydrogen-bond donors (Lipinski definition) is 3. The number of piperazine rings is 1. The number of aromatic nitrogens is 4. The summed E-state index contributed by atoms with van der Waals surface area (Å²) in [7, 11) is 0. The number of amides is 4. The number of nitriles is 1. The molecule has 4 fully saturated rings. The van der Waals surface area contributed by atoms with Crippen LogP contribution in [0.2, 0.25) is 0 Å². The molecule has 5 aromatic rings. The summed E-state index contributed by atoms with van der Waals surface area (Å²) in [6.45, 7) is 10.1. The molecule has 1 unspecified atom stereocenters. The van der Waals surface area contributed by atoms with E-state index in [4.69, 9.17) is 5.10 Å². The van der Waals surface area contributed by atoms with Crippen LogP contribution in [0.15, 0.2) is 67.0 Å². The van der Waals surface area contributed by atoms with Crippen LogP contribution in [0, 0.1) is 11.3 Å². The van der Waals surface area contributed by atoms with Crippen LogP contribution >= 0.6 is 0 Å². The summed E-state index contributed by atoms with van der Waals surface area (Å²) in [4.78, 5) is 46.8. The highest BCUT2D eigenvalue weighted by Crippen LogP contribution is 2.36. The van der Waals surface area contributed by atoms with Gasteiger partial charge in [-0.3, -0.25) is 34.3 Å². The zero-order chi connectivity index (χ0) is 40.1. The molecule has 0 radical (unpaired) electrons. The van der Waals surface area contributed by atoms with E-state index >= 15 is 0 Å². The third kappa shape index (κ3) is 7.39. The van der Waals surface area contributed by atoms with E-state index in [2.05, 4.69) is 59.5 Å². The maximum atomic E-state index is 13.5. The second-order valence-corrected chi connectivity index (χ2v) is 16.7. The number of nitrogens with one attached hydrogen (secondary N) is 2. The first-order valence-corrected chi connectivity index (χ1v) is 20.4. The Morgan fingerprint density at radius 1 is 0.879 bits per heavy atom. The Balaban J connectivity index is 0.787. The third-order valence-corrected chi connectivity index (χ3v) is 12.6. The van der Waals surface area contributed by atoms with Crippen molar-refractivity contribution in [3.63, 3.8) is 0 Å². The van der Waals surface area contributed by atoms with Crippen molar-refractivity contribution in [1.29, 1.82) is 5.26 Å². The highest BCUT2D eigenvalue weighted by atomic mass is 16.3. The molecule has 15 heteroatoms. The molecule has 0 bridgehead atoms. The van der Waals surface area contributed by atoms with E-state index in [0.29, 0.717) is 53.1 Å². The Morgan fingerprint density at radius 3 is 2.29 bits per heavy atom. The highest BCUT2D eigenvalue weighted by molar-refractivity contribution is 6.06. The van der Waals surface area contributed by atoms with E-state index in [-0.39, 0.29) is 23.9 Å². The molecule has 4 aliphatic rings. The number of fused-ring (bicyclic) bond motifs is 2. The van der Waals surface area contributed by atoms with Crippen molar-refractivity contribution in [3.8, 4) is 6.07 Å². The van der Waals surface area contributed by atoms with Crippen molar-refractivity contribution in [2.45, 2.75) is 76.1 Å². The van der Waals surface area contributed by atoms with Gasteiger partial charge >= 0.3 is 6.03 Å². The van der Waals surface area contributed by atoms with E-state index in [9.17, 15) is 24.8 Å². The maximum Gasteiger partial charge on any atom is 0.328 e. The first-order chi connectivity index (χ1) is 28.0. The number of imide groups is 1. The summed E-state index contributed by atoms with van der Waals surface area (Å²) in [5.41, 5.74) is 4.00. The lowest BCUT2D eigenvalue weighted by Gasteiger charge is -2.43. The Bertz CT molecular complexity index is 2410. The second-order valence-electron chi connectivity index (χ2n) is 16.7. The number of nitrogens with zero attached hydrogens (tertiary/aromatic N) is 9. The van der Waals surface area contributed by atoms with Gasteiger partial charge in [0.25, 0.3) is 5.91 Å². The molecule has 3 saturated heterocycles. The van der Waals surface area contributed by atoms with Crippen LogP contribution < -0.4 is 20.4 Å². The van der Waals surface area contributed by atoms with E-state index in [1.807, 2.05) is 24.3 Å². The van der Waals surface area contributed by atoms with Gasteiger partial charge in [-0.05, 0) is 101 Å². The fourth-order valence-corrected chi connectivity index (χ4v) is 9.39. The zero-order valence-corrected chi connectivity index (χ0v) is 33.0. The van der Waals surface area contributed by atoms with E-state index < -0.39 is 5.60 Å². The maximum absolute atomic E-state index is 13.5. The normalized spacial score (nSPS) is 22.4. The summed E-state index contributed by atoms with van der Waals surface area (Å²) < 4.78 is 3.59. The van der Waals surface area contributed by atoms with Crippen LogP contribution in [0.4, 0.5) is 21.9 Å². The minimum absolute atomic E-state index is 0.223. The van der Waals surface area contributed by atoms with Crippen LogP contribution in [0.25, 0.3) is 16.4 Å². The Hall–Kier alpha value is -5.82. The van der Waals surface area contributed by atoms with Gasteiger partial charge in [0, 0.05) is 98.5 Å². The number of rotatable bonds is 8. The average Bonchev–Trinajstić information content (AvgIpc) is 3.99. The minimum atomic E-state index is -1.23. The van der Waals surface area contributed by atoms with Gasteiger partial charge in [0.2, 0.25) is 5.91 Å². The Labute approximate surface area is 336 Å². The number of carbonyl (C=O) groups is 3. The molecule has 300 valence electrons. The predicted molar refractivity (Wildman–Crippen MR) is 220 cm³/mol. The third-order valence-electron chi connectivity index (χ3n) is 12.6. The molecule has 3 N–H and O–H groups in total. The van der Waals surface area contributed by atoms with Crippen molar-refractivity contribution in [2.24, 2.45) is 0 Å². The lowest BCUT2D eigenvalue weighted by atomic mass is 9.90. The van der Waals surface area contributed by atoms with Crippen molar-refractivity contribution in [3.05, 3.63) is 83.8 Å². The summed E-state index contributed by atoms with van der Waals surface area (Å²) in [6.07, 6.45) is 9.28. The van der Waals surface area contributed by atoms with Gasteiger partial charge in [0.1, 0.15) is 11.8 Å². The Morgan fingerprint density at radius 2 is 1.59 bits per heavy atom. The van der Waals surface area contributed by atoms with Crippen molar-refractivity contribution >= 4 is 51.3 Å². The van der Waals surface area contributed by atoms with Gasteiger partial charge in [0.15, 0.2) is 0 Å². The predicted octanol–water partition coefficient (Wildman–Crippen LogP) is 4.86. The molecule has 4 amide bonds. The first kappa shape index (κ1) is 37.7. The molecule has 1 aliphatic carbocycles. The molecule has 6 heterocycles. The molecule has 15 nitrogen and oxygen atoms in total. The number of anilines is 3. The van der Waals surface area contributed by atoms with Crippen LogP contribution in [-0.4, -0.2) is 110 Å². The Kier molecular flexibility index (Phi) is 9.87. The second kappa shape index (κ2) is 15.2. The van der Waals surface area contributed by atoms with Crippen LogP contribution in [0.3, 0.4) is 0 Å². The summed E-state index contributed by atoms with van der Waals surface area (Å²) >= 11 is 0. The van der Waals surface area contributed by atoms with Gasteiger partial charge in [-0.1, -0.05) is 0 Å². The number of hydrogen-bond acceptors (Lipinski definition) is 10. The molecule has 3 aromatic heterocycles. The monoisotopic (exact) mass is 783 g/mol. The van der Waals surface area contributed by atoms with Gasteiger partial charge in [-0.2, -0.15) is 15.5 Å². The SMILES string of the molecule is CC(C)(O)c1cc2nn(C3CCC(N4CCN(C5CCN(c6ccc(N7CCC(=O)NC7=O)cc6)C5)CC4)CC3)cc2cc1NC(=O)c1ccc2cc(C#N)cnn12. The molecule has 0 spiro atoms. The molecule has 58 heavy (non-hydrogen) atoms.